The lowest BCUT2D eigenvalue weighted by molar-refractivity contribution is -0.161. The number of carbonyl (C=O) groups excluding carboxylic acids is 2. The number of aliphatic hydroxyl groups is 1. The van der Waals surface area contributed by atoms with Crippen molar-refractivity contribution in [3.05, 3.63) is 60.8 Å². The highest BCUT2D eigenvalue weighted by atomic mass is 31.2. The second-order valence-corrected chi connectivity index (χ2v) is 14.4. The molecule has 0 heterocycles. The molecule has 0 aliphatic heterocycles. The van der Waals surface area contributed by atoms with Crippen LogP contribution in [0.1, 0.15) is 149 Å². The van der Waals surface area contributed by atoms with Gasteiger partial charge < -0.3 is 25.2 Å². The molecule has 0 spiro atoms. The van der Waals surface area contributed by atoms with E-state index in [1.54, 1.807) is 0 Å². The largest absolute Gasteiger partial charge is 0.472 e. The number of phosphoric acid groups is 1. The minimum Gasteiger partial charge on any atom is -0.462 e. The van der Waals surface area contributed by atoms with Gasteiger partial charge in [-0.2, -0.15) is 0 Å². The van der Waals surface area contributed by atoms with Crippen LogP contribution in [0.25, 0.3) is 0 Å². The first-order valence-corrected chi connectivity index (χ1v) is 21.4. The van der Waals surface area contributed by atoms with E-state index >= 15 is 0 Å². The molecule has 0 aromatic rings. The van der Waals surface area contributed by atoms with Crippen molar-refractivity contribution in [2.24, 2.45) is 5.73 Å². The molecule has 0 saturated carbocycles. The number of allylic oxidation sites excluding steroid dienone is 8. The third kappa shape index (κ3) is 36.0. The molecular formula is C41H72NO9P. The number of unbranched alkanes of at least 4 members (excludes halogenated alkanes) is 13. The Labute approximate surface area is 315 Å². The molecule has 0 aromatic carbocycles. The molecule has 11 heteroatoms. The molecule has 0 rings (SSSR count). The highest BCUT2D eigenvalue weighted by Crippen LogP contribution is 2.43. The van der Waals surface area contributed by atoms with Crippen LogP contribution in [-0.4, -0.2) is 60.5 Å². The van der Waals surface area contributed by atoms with Gasteiger partial charge in [-0.05, 0) is 44.9 Å². The van der Waals surface area contributed by atoms with Crippen LogP contribution in [0.15, 0.2) is 60.8 Å². The number of hydrogen-bond acceptors (Lipinski definition) is 9. The Balaban J connectivity index is 4.35. The molecule has 0 bridgehead atoms. The third-order valence-electron chi connectivity index (χ3n) is 7.99. The fourth-order valence-electron chi connectivity index (χ4n) is 5.04. The van der Waals surface area contributed by atoms with Crippen LogP contribution in [0, 0.1) is 0 Å². The summed E-state index contributed by atoms with van der Waals surface area (Å²) in [5.41, 5.74) is 5.33. The molecule has 0 fully saturated rings. The first-order valence-electron chi connectivity index (χ1n) is 19.9. The summed E-state index contributed by atoms with van der Waals surface area (Å²) >= 11 is 0. The van der Waals surface area contributed by atoms with E-state index in [9.17, 15) is 24.2 Å². The molecule has 0 saturated heterocycles. The van der Waals surface area contributed by atoms with Gasteiger partial charge in [0.25, 0.3) is 0 Å². The van der Waals surface area contributed by atoms with Crippen molar-refractivity contribution < 1.29 is 42.7 Å². The Morgan fingerprint density at radius 2 is 1.27 bits per heavy atom. The average molecular weight is 754 g/mol. The zero-order valence-electron chi connectivity index (χ0n) is 32.4. The number of aliphatic hydroxyl groups excluding tert-OH is 1. The smallest absolute Gasteiger partial charge is 0.462 e. The number of esters is 2. The van der Waals surface area contributed by atoms with Crippen molar-refractivity contribution in [3.8, 4) is 0 Å². The lowest BCUT2D eigenvalue weighted by Crippen LogP contribution is -2.29. The van der Waals surface area contributed by atoms with E-state index < -0.39 is 38.6 Å². The molecule has 0 radical (unpaired) electrons. The standard InChI is InChI=1S/C41H72NO9P/c1-3-5-7-8-9-10-11-12-16-19-22-25-28-32-40(44)48-36-39(37-50-52(46,47)49-35-34-42)51-41(45)33-29-26-23-20-17-14-13-15-18-21-24-27-31-38(43)30-6-4-2/h6,13-14,18,20-21,23-24,27,30,38-39,43H,3-5,7-12,15-17,19,22,25-26,28-29,31-37,42H2,1-2H3,(H,46,47)/b14-13-,21-18-,23-20-,27-24+,30-6-/t38?,39-/m1/s1. The Bertz CT molecular complexity index is 1060. The van der Waals surface area contributed by atoms with Gasteiger partial charge in [0, 0.05) is 19.4 Å². The molecule has 0 aliphatic rings. The summed E-state index contributed by atoms with van der Waals surface area (Å²) in [4.78, 5) is 34.7. The highest BCUT2D eigenvalue weighted by Gasteiger charge is 2.25. The van der Waals surface area contributed by atoms with E-state index in [0.717, 1.165) is 38.5 Å². The van der Waals surface area contributed by atoms with Gasteiger partial charge in [0.2, 0.25) is 0 Å². The summed E-state index contributed by atoms with van der Waals surface area (Å²) < 4.78 is 32.6. The van der Waals surface area contributed by atoms with Crippen molar-refractivity contribution in [1.82, 2.24) is 0 Å². The van der Waals surface area contributed by atoms with E-state index in [2.05, 4.69) is 19.1 Å². The minimum atomic E-state index is -4.40. The van der Waals surface area contributed by atoms with Crippen molar-refractivity contribution in [1.29, 1.82) is 0 Å². The number of nitrogens with two attached hydrogens (primary N) is 1. The summed E-state index contributed by atoms with van der Waals surface area (Å²) in [6, 6.07) is 0. The summed E-state index contributed by atoms with van der Waals surface area (Å²) in [6.45, 7) is 3.39. The molecule has 300 valence electrons. The van der Waals surface area contributed by atoms with Crippen LogP contribution in [-0.2, 0) is 32.7 Å². The molecule has 0 aromatic heterocycles. The lowest BCUT2D eigenvalue weighted by Gasteiger charge is -2.19. The van der Waals surface area contributed by atoms with E-state index in [0.29, 0.717) is 19.3 Å². The molecule has 52 heavy (non-hydrogen) atoms. The summed E-state index contributed by atoms with van der Waals surface area (Å²) in [5, 5.41) is 9.75. The summed E-state index contributed by atoms with van der Waals surface area (Å²) in [6.07, 6.45) is 38.8. The molecule has 4 N–H and O–H groups in total. The highest BCUT2D eigenvalue weighted by molar-refractivity contribution is 7.47. The molecule has 10 nitrogen and oxygen atoms in total. The van der Waals surface area contributed by atoms with E-state index in [1.165, 1.54) is 64.2 Å². The Kier molecular flexibility index (Phi) is 35.3. The van der Waals surface area contributed by atoms with Crippen molar-refractivity contribution in [2.75, 3.05) is 26.4 Å². The van der Waals surface area contributed by atoms with E-state index in [4.69, 9.17) is 24.3 Å². The predicted octanol–water partition coefficient (Wildman–Crippen LogP) is 9.91. The zero-order valence-corrected chi connectivity index (χ0v) is 33.3. The van der Waals surface area contributed by atoms with Gasteiger partial charge in [-0.25, -0.2) is 4.57 Å². The van der Waals surface area contributed by atoms with Gasteiger partial charge in [-0.15, -0.1) is 0 Å². The van der Waals surface area contributed by atoms with Crippen LogP contribution in [0.5, 0.6) is 0 Å². The fraction of sp³-hybridized carbons (Fsp3) is 0.707. The van der Waals surface area contributed by atoms with Gasteiger partial charge in [0.15, 0.2) is 6.10 Å². The average Bonchev–Trinajstić information content (AvgIpc) is 3.13. The van der Waals surface area contributed by atoms with Crippen molar-refractivity contribution in [3.63, 3.8) is 0 Å². The molecule has 0 amide bonds. The molecule has 2 unspecified atom stereocenters. The molecular weight excluding hydrogens is 681 g/mol. The SMILES string of the molecule is CC/C=C\C(O)C/C=C/C=C\C/C=C\C/C=C\CCCC(=O)O[C@H](COC(=O)CCCCCCCCCCCCCCC)COP(=O)(O)OCCN. The number of hydrogen-bond donors (Lipinski definition) is 3. The monoisotopic (exact) mass is 753 g/mol. The van der Waals surface area contributed by atoms with Crippen molar-refractivity contribution in [2.45, 2.75) is 161 Å². The zero-order chi connectivity index (χ0) is 38.4. The summed E-state index contributed by atoms with van der Waals surface area (Å²) in [7, 11) is -4.40. The van der Waals surface area contributed by atoms with Gasteiger partial charge in [0.05, 0.1) is 19.3 Å². The molecule has 3 atom stereocenters. The first-order chi connectivity index (χ1) is 25.2. The van der Waals surface area contributed by atoms with Gasteiger partial charge >= 0.3 is 19.8 Å². The first kappa shape index (κ1) is 49.7. The van der Waals surface area contributed by atoms with Crippen molar-refractivity contribution >= 4 is 19.8 Å². The normalized spacial score (nSPS) is 14.6. The van der Waals surface area contributed by atoms with E-state index in [-0.39, 0.29) is 32.6 Å². The maximum absolute atomic E-state index is 12.5. The second-order valence-electron chi connectivity index (χ2n) is 13.0. The summed E-state index contributed by atoms with van der Waals surface area (Å²) in [5.74, 6) is -0.924. The number of ether oxygens (including phenoxy) is 2. The Morgan fingerprint density at radius 3 is 1.90 bits per heavy atom. The predicted molar refractivity (Wildman–Crippen MR) is 212 cm³/mol. The number of phosphoric ester groups is 1. The minimum absolute atomic E-state index is 0.0356. The Hall–Kier alpha value is -2.33. The topological polar surface area (TPSA) is 155 Å². The molecule has 0 aliphatic carbocycles. The van der Waals surface area contributed by atoms with E-state index in [1.807, 2.05) is 55.5 Å². The van der Waals surface area contributed by atoms with Crippen LogP contribution >= 0.6 is 7.82 Å². The quantitative estimate of drug-likeness (QED) is 0.0185. The van der Waals surface area contributed by atoms with Crippen LogP contribution in [0.3, 0.4) is 0 Å². The fourth-order valence-corrected chi connectivity index (χ4v) is 5.81. The maximum Gasteiger partial charge on any atom is 0.472 e. The maximum atomic E-state index is 12.5. The third-order valence-corrected chi connectivity index (χ3v) is 8.98. The van der Waals surface area contributed by atoms with Crippen LogP contribution < -0.4 is 5.73 Å². The second kappa shape index (κ2) is 37.0. The van der Waals surface area contributed by atoms with Crippen LogP contribution in [0.4, 0.5) is 0 Å². The Morgan fingerprint density at radius 1 is 0.692 bits per heavy atom. The lowest BCUT2D eigenvalue weighted by atomic mass is 10.0. The van der Waals surface area contributed by atoms with Crippen LogP contribution in [0.2, 0.25) is 0 Å². The van der Waals surface area contributed by atoms with Gasteiger partial charge in [-0.3, -0.25) is 18.6 Å². The van der Waals surface area contributed by atoms with Gasteiger partial charge in [-0.1, -0.05) is 152 Å². The van der Waals surface area contributed by atoms with Gasteiger partial charge in [0.1, 0.15) is 6.61 Å². The number of carbonyl (C=O) groups is 2. The number of rotatable bonds is 36.